The summed E-state index contributed by atoms with van der Waals surface area (Å²) >= 11 is 6.82. The van der Waals surface area contributed by atoms with E-state index in [2.05, 4.69) is 20.2 Å². The topological polar surface area (TPSA) is 59.0 Å². The van der Waals surface area contributed by atoms with Crippen LogP contribution in [0.25, 0.3) is 0 Å². The molecule has 4 saturated carbocycles. The normalized spacial score (nSPS) is 36.8. The number of aromatic nitrogens is 2. The van der Waals surface area contributed by atoms with Gasteiger partial charge in [-0.3, -0.25) is 0 Å². The fourth-order valence-corrected chi connectivity index (χ4v) is 6.35. The third kappa shape index (κ3) is 3.15. The highest BCUT2D eigenvalue weighted by Crippen LogP contribution is 2.59. The first kappa shape index (κ1) is 16.2. The number of halogens is 1. The van der Waals surface area contributed by atoms with E-state index in [1.807, 2.05) is 19.4 Å². The summed E-state index contributed by atoms with van der Waals surface area (Å²) in [6.07, 6.45) is 11.3. The van der Waals surface area contributed by atoms with Crippen LogP contribution in [0.4, 0.5) is 4.79 Å². The molecule has 4 aliphatic rings. The Hall–Kier alpha value is -1.23. The van der Waals surface area contributed by atoms with Gasteiger partial charge in [0.25, 0.3) is 0 Å². The SMILES string of the molecule is Cc1cncn1CCCNC(=O)NC12CC3CC(CC(Cl)(C3)C1)C2. The molecule has 2 unspecified atom stereocenters. The summed E-state index contributed by atoms with van der Waals surface area (Å²) in [5.41, 5.74) is 1.09. The van der Waals surface area contributed by atoms with Crippen molar-refractivity contribution in [2.45, 2.75) is 68.8 Å². The number of hydrogen-bond acceptors (Lipinski definition) is 2. The van der Waals surface area contributed by atoms with E-state index in [4.69, 9.17) is 11.6 Å². The zero-order valence-corrected chi connectivity index (χ0v) is 15.1. The maximum atomic E-state index is 12.4. The molecule has 4 fully saturated rings. The second-order valence-corrected chi connectivity index (χ2v) is 9.16. The average Bonchev–Trinajstić information content (AvgIpc) is 2.85. The lowest BCUT2D eigenvalue weighted by Crippen LogP contribution is -2.65. The lowest BCUT2D eigenvalue weighted by Gasteiger charge is -2.60. The Bertz CT molecular complexity index is 614. The Morgan fingerprint density at radius 1 is 1.38 bits per heavy atom. The van der Waals surface area contributed by atoms with Crippen LogP contribution in [0.15, 0.2) is 12.5 Å². The number of amides is 2. The highest BCUT2D eigenvalue weighted by Gasteiger charge is 2.57. The molecule has 2 atom stereocenters. The average molecular weight is 351 g/mol. The lowest BCUT2D eigenvalue weighted by molar-refractivity contribution is -0.000145. The van der Waals surface area contributed by atoms with E-state index in [1.54, 1.807) is 0 Å². The van der Waals surface area contributed by atoms with Crippen molar-refractivity contribution in [3.63, 3.8) is 0 Å². The molecular weight excluding hydrogens is 324 g/mol. The van der Waals surface area contributed by atoms with Gasteiger partial charge >= 0.3 is 6.03 Å². The Morgan fingerprint density at radius 3 is 2.75 bits per heavy atom. The van der Waals surface area contributed by atoms with Gasteiger partial charge in [0.05, 0.1) is 6.33 Å². The summed E-state index contributed by atoms with van der Waals surface area (Å²) in [4.78, 5) is 16.4. The molecule has 24 heavy (non-hydrogen) atoms. The highest BCUT2D eigenvalue weighted by molar-refractivity contribution is 6.24. The summed E-state index contributed by atoms with van der Waals surface area (Å²) in [5, 5.41) is 6.33. The van der Waals surface area contributed by atoms with Crippen molar-refractivity contribution in [3.05, 3.63) is 18.2 Å². The van der Waals surface area contributed by atoms with Crippen molar-refractivity contribution < 1.29 is 4.79 Å². The fraction of sp³-hybridized carbons (Fsp3) is 0.778. The van der Waals surface area contributed by atoms with Gasteiger partial charge in [0, 0.05) is 35.4 Å². The van der Waals surface area contributed by atoms with E-state index >= 15 is 0 Å². The van der Waals surface area contributed by atoms with Crippen LogP contribution >= 0.6 is 11.6 Å². The maximum absolute atomic E-state index is 12.4. The van der Waals surface area contributed by atoms with Crippen LogP contribution in [-0.2, 0) is 6.54 Å². The van der Waals surface area contributed by atoms with Gasteiger partial charge in [-0.2, -0.15) is 0 Å². The fourth-order valence-electron chi connectivity index (χ4n) is 5.65. The molecule has 6 heteroatoms. The summed E-state index contributed by atoms with van der Waals surface area (Å²) in [6, 6.07) is -0.0282. The number of carbonyl (C=O) groups is 1. The first-order valence-electron chi connectivity index (χ1n) is 9.17. The lowest BCUT2D eigenvalue weighted by atomic mass is 9.52. The van der Waals surface area contributed by atoms with Crippen LogP contribution in [0.5, 0.6) is 0 Å². The maximum Gasteiger partial charge on any atom is 0.315 e. The molecule has 0 aliphatic heterocycles. The molecule has 5 nitrogen and oxygen atoms in total. The third-order valence-corrected chi connectivity index (χ3v) is 6.59. The minimum atomic E-state index is -0.0592. The third-order valence-electron chi connectivity index (χ3n) is 6.15. The predicted molar refractivity (Wildman–Crippen MR) is 94.1 cm³/mol. The van der Waals surface area contributed by atoms with Gasteiger partial charge in [-0.1, -0.05) is 0 Å². The van der Waals surface area contributed by atoms with Gasteiger partial charge in [-0.15, -0.1) is 11.6 Å². The molecule has 2 amide bonds. The number of hydrogen-bond donors (Lipinski definition) is 2. The van der Waals surface area contributed by atoms with Crippen molar-refractivity contribution in [2.24, 2.45) is 11.8 Å². The number of nitrogens with one attached hydrogen (secondary N) is 2. The predicted octanol–water partition coefficient (Wildman–Crippen LogP) is 3.21. The van der Waals surface area contributed by atoms with Crippen LogP contribution in [-0.4, -0.2) is 32.5 Å². The Kier molecular flexibility index (Phi) is 4.02. The molecule has 1 aromatic rings. The number of imidazole rings is 1. The van der Waals surface area contributed by atoms with Gasteiger partial charge < -0.3 is 15.2 Å². The number of urea groups is 1. The van der Waals surface area contributed by atoms with Crippen LogP contribution in [0.1, 0.15) is 50.6 Å². The highest BCUT2D eigenvalue weighted by atomic mass is 35.5. The van der Waals surface area contributed by atoms with Gasteiger partial charge in [0.15, 0.2) is 0 Å². The Labute approximate surface area is 148 Å². The van der Waals surface area contributed by atoms with Crippen LogP contribution in [0, 0.1) is 18.8 Å². The van der Waals surface area contributed by atoms with E-state index in [-0.39, 0.29) is 16.4 Å². The first-order chi connectivity index (χ1) is 11.5. The summed E-state index contributed by atoms with van der Waals surface area (Å²) in [6.45, 7) is 3.60. The number of rotatable bonds is 5. The van der Waals surface area contributed by atoms with E-state index in [9.17, 15) is 4.79 Å². The molecule has 0 spiro atoms. The summed E-state index contributed by atoms with van der Waals surface area (Å²) in [5.74, 6) is 1.40. The molecule has 132 valence electrons. The molecule has 0 radical (unpaired) electrons. The molecule has 4 aliphatic carbocycles. The minimum Gasteiger partial charge on any atom is -0.338 e. The van der Waals surface area contributed by atoms with Crippen LogP contribution in [0.3, 0.4) is 0 Å². The molecule has 2 N–H and O–H groups in total. The van der Waals surface area contributed by atoms with Crippen LogP contribution < -0.4 is 10.6 Å². The summed E-state index contributed by atoms with van der Waals surface area (Å²) < 4.78 is 2.11. The van der Waals surface area contributed by atoms with Crippen molar-refractivity contribution in [3.8, 4) is 0 Å². The van der Waals surface area contributed by atoms with Crippen molar-refractivity contribution in [1.29, 1.82) is 0 Å². The van der Waals surface area contributed by atoms with Crippen molar-refractivity contribution in [1.82, 2.24) is 20.2 Å². The minimum absolute atomic E-state index is 0.0282. The summed E-state index contributed by atoms with van der Waals surface area (Å²) in [7, 11) is 0. The molecule has 0 saturated heterocycles. The van der Waals surface area contributed by atoms with Gasteiger partial charge in [0.1, 0.15) is 0 Å². The second-order valence-electron chi connectivity index (χ2n) is 8.36. The zero-order chi connectivity index (χ0) is 16.8. The number of alkyl halides is 1. The van der Waals surface area contributed by atoms with Gasteiger partial charge in [0.2, 0.25) is 0 Å². The van der Waals surface area contributed by atoms with Crippen LogP contribution in [0.2, 0.25) is 0 Å². The van der Waals surface area contributed by atoms with Crippen molar-refractivity contribution in [2.75, 3.05) is 6.54 Å². The zero-order valence-electron chi connectivity index (χ0n) is 14.4. The Balaban J connectivity index is 1.26. The first-order valence-corrected chi connectivity index (χ1v) is 9.55. The molecule has 0 aromatic carbocycles. The van der Waals surface area contributed by atoms with E-state index in [1.165, 1.54) is 6.42 Å². The molecule has 4 bridgehead atoms. The largest absolute Gasteiger partial charge is 0.338 e. The number of carbonyl (C=O) groups excluding carboxylic acids is 1. The molecule has 5 rings (SSSR count). The van der Waals surface area contributed by atoms with Gasteiger partial charge in [-0.05, 0) is 63.7 Å². The van der Waals surface area contributed by atoms with E-state index in [0.717, 1.165) is 50.8 Å². The smallest absolute Gasteiger partial charge is 0.315 e. The second kappa shape index (κ2) is 5.94. The van der Waals surface area contributed by atoms with Gasteiger partial charge in [-0.25, -0.2) is 9.78 Å². The molecular formula is C18H27ClN4O. The molecule has 1 aromatic heterocycles. The van der Waals surface area contributed by atoms with Crippen molar-refractivity contribution >= 4 is 17.6 Å². The van der Waals surface area contributed by atoms with E-state index < -0.39 is 0 Å². The standard InChI is InChI=1S/C18H27ClN4O/c1-13-10-20-12-23(13)4-2-3-21-16(24)22-18-8-14-5-15(9-18)7-17(19,6-14)11-18/h10,12,14-15H,2-9,11H2,1H3,(H2,21,22,24). The number of aryl methyl sites for hydroxylation is 2. The monoisotopic (exact) mass is 350 g/mol. The quantitative estimate of drug-likeness (QED) is 0.632. The van der Waals surface area contributed by atoms with E-state index in [0.29, 0.717) is 18.4 Å². The number of nitrogens with zero attached hydrogens (tertiary/aromatic N) is 2. The Morgan fingerprint density at radius 2 is 2.12 bits per heavy atom. The molecule has 1 heterocycles.